The quantitative estimate of drug-likeness (QED) is 0.371. The molecule has 30 heavy (non-hydrogen) atoms. The fraction of sp³-hybridized carbons (Fsp3) is 0.870. The Hall–Kier alpha value is -1.63. The molecule has 1 atom stereocenters. The van der Waals surface area contributed by atoms with Crippen LogP contribution in [0.2, 0.25) is 0 Å². The maximum atomic E-state index is 12.5. The number of carbonyl (C=O) groups is 3. The van der Waals surface area contributed by atoms with Crippen molar-refractivity contribution in [2.24, 2.45) is 17.8 Å². The molecule has 0 aromatic rings. The fourth-order valence-electron chi connectivity index (χ4n) is 4.65. The molecule has 1 aliphatic heterocycles. The van der Waals surface area contributed by atoms with E-state index >= 15 is 0 Å². The highest BCUT2D eigenvalue weighted by Gasteiger charge is 2.41. The zero-order chi connectivity index (χ0) is 22.7. The molecule has 1 heterocycles. The van der Waals surface area contributed by atoms with E-state index in [1.807, 2.05) is 0 Å². The van der Waals surface area contributed by atoms with Gasteiger partial charge in [-0.3, -0.25) is 14.5 Å². The van der Waals surface area contributed by atoms with Crippen molar-refractivity contribution in [3.8, 4) is 0 Å². The van der Waals surface area contributed by atoms with Gasteiger partial charge < -0.3 is 16.0 Å². The lowest BCUT2D eigenvalue weighted by atomic mass is 9.70. The molecule has 0 spiro atoms. The largest absolute Gasteiger partial charge is 0.337 e. The van der Waals surface area contributed by atoms with E-state index < -0.39 is 0 Å². The average Bonchev–Trinajstić information content (AvgIpc) is 2.93. The van der Waals surface area contributed by atoms with E-state index in [0.29, 0.717) is 44.4 Å². The number of carbonyl (C=O) groups excluding carboxylic acids is 3. The Kier molecular flexibility index (Phi) is 11.4. The molecule has 0 radical (unpaired) electrons. The SMILES string of the molecule is CCC.CCC(CC)C1CC(=O)N(CCNCCNC(=O)NC2(C)CC(C)C2)C1=O. The molecule has 7 heteroatoms. The van der Waals surface area contributed by atoms with Crippen molar-refractivity contribution in [1.82, 2.24) is 20.9 Å². The van der Waals surface area contributed by atoms with Crippen molar-refractivity contribution in [2.75, 3.05) is 26.2 Å². The van der Waals surface area contributed by atoms with Crippen LogP contribution in [0, 0.1) is 17.8 Å². The third kappa shape index (κ3) is 7.89. The van der Waals surface area contributed by atoms with Gasteiger partial charge in [0.15, 0.2) is 0 Å². The zero-order valence-corrected chi connectivity index (χ0v) is 20.0. The lowest BCUT2D eigenvalue weighted by Gasteiger charge is -2.44. The minimum Gasteiger partial charge on any atom is -0.337 e. The van der Waals surface area contributed by atoms with Gasteiger partial charge in [0, 0.05) is 38.1 Å². The molecule has 4 amide bonds. The number of urea groups is 1. The summed E-state index contributed by atoms with van der Waals surface area (Å²) >= 11 is 0. The molecule has 7 nitrogen and oxygen atoms in total. The molecule has 0 bridgehead atoms. The summed E-state index contributed by atoms with van der Waals surface area (Å²) in [4.78, 5) is 37.9. The molecule has 0 aromatic heterocycles. The predicted molar refractivity (Wildman–Crippen MR) is 121 cm³/mol. The van der Waals surface area contributed by atoms with E-state index in [9.17, 15) is 14.4 Å². The molecule has 1 aliphatic carbocycles. The molecule has 0 aromatic carbocycles. The number of amides is 4. The number of nitrogens with zero attached hydrogens (tertiary/aromatic N) is 1. The van der Waals surface area contributed by atoms with E-state index in [1.165, 1.54) is 11.3 Å². The average molecular weight is 425 g/mol. The Morgan fingerprint density at radius 2 is 1.70 bits per heavy atom. The monoisotopic (exact) mass is 424 g/mol. The van der Waals surface area contributed by atoms with Gasteiger partial charge in [-0.05, 0) is 31.6 Å². The van der Waals surface area contributed by atoms with Crippen molar-refractivity contribution in [3.05, 3.63) is 0 Å². The van der Waals surface area contributed by atoms with Gasteiger partial charge in [-0.2, -0.15) is 0 Å². The number of rotatable bonds is 10. The fourth-order valence-corrected chi connectivity index (χ4v) is 4.65. The molecule has 2 fully saturated rings. The molecule has 2 rings (SSSR count). The number of likely N-dealkylation sites (tertiary alicyclic amines) is 1. The van der Waals surface area contributed by atoms with Gasteiger partial charge in [0.05, 0.1) is 5.92 Å². The maximum Gasteiger partial charge on any atom is 0.315 e. The van der Waals surface area contributed by atoms with Gasteiger partial charge in [0.25, 0.3) is 0 Å². The van der Waals surface area contributed by atoms with E-state index in [-0.39, 0.29) is 29.3 Å². The Bertz CT molecular complexity index is 557. The highest BCUT2D eigenvalue weighted by atomic mass is 16.2. The Morgan fingerprint density at radius 3 is 2.23 bits per heavy atom. The summed E-state index contributed by atoms with van der Waals surface area (Å²) in [6.07, 6.45) is 5.50. The van der Waals surface area contributed by atoms with Crippen molar-refractivity contribution >= 4 is 17.8 Å². The topological polar surface area (TPSA) is 90.5 Å². The van der Waals surface area contributed by atoms with Crippen molar-refractivity contribution in [2.45, 2.75) is 85.6 Å². The van der Waals surface area contributed by atoms with Gasteiger partial charge in [0.1, 0.15) is 0 Å². The van der Waals surface area contributed by atoms with E-state index in [1.54, 1.807) is 0 Å². The lowest BCUT2D eigenvalue weighted by Crippen LogP contribution is -2.57. The summed E-state index contributed by atoms with van der Waals surface area (Å²) in [6.45, 7) is 14.7. The summed E-state index contributed by atoms with van der Waals surface area (Å²) in [7, 11) is 0. The first kappa shape index (κ1) is 26.4. The first-order chi connectivity index (χ1) is 14.2. The Morgan fingerprint density at radius 1 is 1.10 bits per heavy atom. The van der Waals surface area contributed by atoms with Gasteiger partial charge >= 0.3 is 6.03 Å². The van der Waals surface area contributed by atoms with Crippen LogP contribution in [0.3, 0.4) is 0 Å². The molecule has 1 unspecified atom stereocenters. The first-order valence-electron chi connectivity index (χ1n) is 11.8. The molecule has 1 saturated carbocycles. The van der Waals surface area contributed by atoms with Crippen LogP contribution >= 0.6 is 0 Å². The standard InChI is InChI=1S/C20H36N4O3.C3H8/c1-5-15(6-2)16-11-17(25)24(18(16)26)10-9-21-7-8-22-19(27)23-20(4)12-14(3)13-20;1-3-2/h14-16,21H,5-13H2,1-4H3,(H2,22,23,27);3H2,1-2H3. The molecule has 174 valence electrons. The highest BCUT2D eigenvalue weighted by Crippen LogP contribution is 2.36. The zero-order valence-electron chi connectivity index (χ0n) is 20.0. The van der Waals surface area contributed by atoms with Gasteiger partial charge in [-0.25, -0.2) is 4.79 Å². The van der Waals surface area contributed by atoms with Gasteiger partial charge in [-0.15, -0.1) is 0 Å². The molecular weight excluding hydrogens is 380 g/mol. The summed E-state index contributed by atoms with van der Waals surface area (Å²) in [5.41, 5.74) is -0.0707. The van der Waals surface area contributed by atoms with E-state index in [4.69, 9.17) is 0 Å². The maximum absolute atomic E-state index is 12.5. The smallest absolute Gasteiger partial charge is 0.315 e. The number of imide groups is 1. The minimum atomic E-state index is -0.145. The molecular formula is C23H44N4O3. The van der Waals surface area contributed by atoms with Crippen LogP contribution in [0.15, 0.2) is 0 Å². The summed E-state index contributed by atoms with van der Waals surface area (Å²) in [6, 6.07) is -0.135. The first-order valence-corrected chi connectivity index (χ1v) is 11.8. The van der Waals surface area contributed by atoms with Crippen LogP contribution < -0.4 is 16.0 Å². The highest BCUT2D eigenvalue weighted by molar-refractivity contribution is 6.03. The van der Waals surface area contributed by atoms with Gasteiger partial charge in [-0.1, -0.05) is 53.9 Å². The van der Waals surface area contributed by atoms with E-state index in [0.717, 1.165) is 25.7 Å². The minimum absolute atomic E-state index is 0.0176. The van der Waals surface area contributed by atoms with Crippen molar-refractivity contribution in [1.29, 1.82) is 0 Å². The van der Waals surface area contributed by atoms with Crippen molar-refractivity contribution in [3.63, 3.8) is 0 Å². The molecule has 2 aliphatic rings. The van der Waals surface area contributed by atoms with Crippen LogP contribution in [0.25, 0.3) is 0 Å². The van der Waals surface area contributed by atoms with Crippen molar-refractivity contribution < 1.29 is 14.4 Å². The normalized spacial score (nSPS) is 25.6. The van der Waals surface area contributed by atoms with Crippen LogP contribution in [0.5, 0.6) is 0 Å². The molecule has 1 saturated heterocycles. The second-order valence-corrected chi connectivity index (χ2v) is 9.18. The van der Waals surface area contributed by atoms with Crippen LogP contribution in [-0.2, 0) is 9.59 Å². The summed E-state index contributed by atoms with van der Waals surface area (Å²) in [5, 5.41) is 9.06. The number of nitrogens with one attached hydrogen (secondary N) is 3. The Labute approximate surface area is 183 Å². The van der Waals surface area contributed by atoms with Gasteiger partial charge in [0.2, 0.25) is 11.8 Å². The predicted octanol–water partition coefficient (Wildman–Crippen LogP) is 3.29. The third-order valence-electron chi connectivity index (χ3n) is 6.01. The van der Waals surface area contributed by atoms with Crippen LogP contribution in [0.4, 0.5) is 4.79 Å². The van der Waals surface area contributed by atoms with Crippen LogP contribution in [0.1, 0.15) is 80.1 Å². The number of hydrogen-bond donors (Lipinski definition) is 3. The lowest BCUT2D eigenvalue weighted by molar-refractivity contribution is -0.139. The third-order valence-corrected chi connectivity index (χ3v) is 6.01. The second-order valence-electron chi connectivity index (χ2n) is 9.18. The summed E-state index contributed by atoms with van der Waals surface area (Å²) < 4.78 is 0. The Balaban J connectivity index is 0.00000141. The second kappa shape index (κ2) is 12.9. The van der Waals surface area contributed by atoms with E-state index in [2.05, 4.69) is 57.5 Å². The number of hydrogen-bond acceptors (Lipinski definition) is 4. The summed E-state index contributed by atoms with van der Waals surface area (Å²) in [5.74, 6) is 0.753. The van der Waals surface area contributed by atoms with Crippen LogP contribution in [-0.4, -0.2) is 54.5 Å². The molecule has 3 N–H and O–H groups in total.